The van der Waals surface area contributed by atoms with Crippen LogP contribution in [0, 0.1) is 7.14 Å². The van der Waals surface area contributed by atoms with E-state index in [1.165, 1.54) is 12.1 Å². The number of alkyl halides is 3. The number of rotatable bonds is 2. The first-order chi connectivity index (χ1) is 8.04. The molecule has 0 fully saturated rings. The molecular weight excluding hydrogens is 501 g/mol. The van der Waals surface area contributed by atoms with Crippen molar-refractivity contribution in [3.05, 3.63) is 30.9 Å². The van der Waals surface area contributed by atoms with Gasteiger partial charge in [-0.1, -0.05) is 0 Å². The summed E-state index contributed by atoms with van der Waals surface area (Å²) in [4.78, 5) is 11.5. The van der Waals surface area contributed by atoms with Crippen molar-refractivity contribution < 1.29 is 26.4 Å². The van der Waals surface area contributed by atoms with Crippen LogP contribution in [0.15, 0.2) is 18.2 Å². The molecule has 0 aromatic heterocycles. The van der Waals surface area contributed by atoms with Gasteiger partial charge in [0.05, 0.1) is 5.56 Å². The summed E-state index contributed by atoms with van der Waals surface area (Å²) < 4.78 is 59.7. The Hall–Kier alpha value is -0.110. The van der Waals surface area contributed by atoms with E-state index < -0.39 is 21.4 Å². The van der Waals surface area contributed by atoms with Crippen molar-refractivity contribution in [2.45, 2.75) is 5.51 Å². The molecule has 0 heterocycles. The zero-order valence-electron chi connectivity index (χ0n) is 8.25. The van der Waals surface area contributed by atoms with Crippen molar-refractivity contribution in [1.29, 1.82) is 0 Å². The number of amides is 1. The Morgan fingerprint density at radius 1 is 1.22 bits per heavy atom. The lowest BCUT2D eigenvalue weighted by atomic mass is 10.2. The minimum absolute atomic E-state index is 0.129. The summed E-state index contributed by atoms with van der Waals surface area (Å²) in [6.45, 7) is 0. The smallest absolute Gasteiger partial charge is 0.268 e. The molecule has 1 aromatic rings. The van der Waals surface area contributed by atoms with E-state index in [9.17, 15) is 26.4 Å². The number of halogens is 5. The number of carbonyl (C=O) groups is 1. The molecule has 0 radical (unpaired) electrons. The summed E-state index contributed by atoms with van der Waals surface area (Å²) in [7, 11) is -5.68. The predicted octanol–water partition coefficient (Wildman–Crippen LogP) is 2.48. The van der Waals surface area contributed by atoms with Crippen LogP contribution >= 0.6 is 45.2 Å². The van der Waals surface area contributed by atoms with Crippen LogP contribution in [0.25, 0.3) is 0 Å². The van der Waals surface area contributed by atoms with Crippen LogP contribution in [0.3, 0.4) is 0 Å². The Kier molecular flexibility index (Phi) is 4.86. The molecule has 0 atom stereocenters. The highest BCUT2D eigenvalue weighted by Crippen LogP contribution is 2.23. The lowest BCUT2D eigenvalue weighted by Gasteiger charge is -2.10. The first-order valence-electron chi connectivity index (χ1n) is 4.13. The molecule has 10 heteroatoms. The lowest BCUT2D eigenvalue weighted by molar-refractivity contribution is -0.0446. The molecule has 4 nitrogen and oxygen atoms in total. The standard InChI is InChI=1S/C8H4F3I2NO3S/c9-8(10,11)18(16,17)14-7(15)5-3-4(12)1-2-6(5)13/h1-3H,(H,14,15). The van der Waals surface area contributed by atoms with Crippen molar-refractivity contribution in [2.24, 2.45) is 0 Å². The SMILES string of the molecule is O=C(NS(=O)(=O)C(F)(F)F)c1cc(I)ccc1I. The third-order valence-electron chi connectivity index (χ3n) is 1.70. The lowest BCUT2D eigenvalue weighted by Crippen LogP contribution is -2.40. The molecule has 0 aliphatic rings. The molecule has 0 spiro atoms. The van der Waals surface area contributed by atoms with Crippen molar-refractivity contribution in [1.82, 2.24) is 4.72 Å². The van der Waals surface area contributed by atoms with Crippen molar-refractivity contribution in [3.63, 3.8) is 0 Å². The van der Waals surface area contributed by atoms with Gasteiger partial charge in [-0.25, -0.2) is 4.72 Å². The van der Waals surface area contributed by atoms with E-state index >= 15 is 0 Å². The number of hydrogen-bond acceptors (Lipinski definition) is 3. The second kappa shape index (κ2) is 5.48. The third-order valence-corrected chi connectivity index (χ3v) is 4.38. The zero-order chi connectivity index (χ0) is 14.1. The van der Waals surface area contributed by atoms with Gasteiger partial charge < -0.3 is 0 Å². The van der Waals surface area contributed by atoms with E-state index in [2.05, 4.69) is 0 Å². The van der Waals surface area contributed by atoms with Gasteiger partial charge in [-0.05, 0) is 63.4 Å². The Balaban J connectivity index is 3.08. The van der Waals surface area contributed by atoms with Gasteiger partial charge in [0, 0.05) is 7.14 Å². The number of benzene rings is 1. The van der Waals surface area contributed by atoms with Crippen molar-refractivity contribution in [2.75, 3.05) is 0 Å². The summed E-state index contributed by atoms with van der Waals surface area (Å²) in [6.07, 6.45) is 0. The summed E-state index contributed by atoms with van der Waals surface area (Å²) in [6, 6.07) is 4.43. The molecule has 0 aliphatic carbocycles. The van der Waals surface area contributed by atoms with Crippen LogP contribution in [0.1, 0.15) is 10.4 Å². The van der Waals surface area contributed by atoms with E-state index in [1.54, 1.807) is 28.7 Å². The van der Waals surface area contributed by atoms with Gasteiger partial charge in [-0.3, -0.25) is 4.79 Å². The zero-order valence-corrected chi connectivity index (χ0v) is 13.4. The number of hydrogen-bond donors (Lipinski definition) is 1. The Labute approximate surface area is 128 Å². The molecule has 0 unspecified atom stereocenters. The first kappa shape index (κ1) is 15.9. The van der Waals surface area contributed by atoms with E-state index in [1.807, 2.05) is 22.6 Å². The van der Waals surface area contributed by atoms with Gasteiger partial charge in [-0.15, -0.1) is 0 Å². The van der Waals surface area contributed by atoms with E-state index in [0.717, 1.165) is 4.72 Å². The summed E-state index contributed by atoms with van der Waals surface area (Å²) >= 11 is 3.58. The fraction of sp³-hybridized carbons (Fsp3) is 0.125. The van der Waals surface area contributed by atoms with Gasteiger partial charge in [0.25, 0.3) is 5.91 Å². The molecule has 1 amide bonds. The summed E-state index contributed by atoms with van der Waals surface area (Å²) in [5, 5.41) is 0. The highest BCUT2D eigenvalue weighted by Gasteiger charge is 2.47. The Morgan fingerprint density at radius 2 is 1.78 bits per heavy atom. The minimum Gasteiger partial charge on any atom is -0.268 e. The first-order valence-corrected chi connectivity index (χ1v) is 7.77. The quantitative estimate of drug-likeness (QED) is 0.629. The van der Waals surface area contributed by atoms with E-state index in [0.29, 0.717) is 7.14 Å². The fourth-order valence-corrected chi connectivity index (χ4v) is 2.45. The van der Waals surface area contributed by atoms with Crippen LogP contribution in [0.5, 0.6) is 0 Å². The van der Waals surface area contributed by atoms with Crippen LogP contribution in [0.2, 0.25) is 0 Å². The molecular formula is C8H4F3I2NO3S. The fourth-order valence-electron chi connectivity index (χ4n) is 0.906. The average molecular weight is 505 g/mol. The minimum atomic E-state index is -5.68. The van der Waals surface area contributed by atoms with Gasteiger partial charge in [-0.2, -0.15) is 21.6 Å². The van der Waals surface area contributed by atoms with Crippen LogP contribution in [0.4, 0.5) is 13.2 Å². The molecule has 0 bridgehead atoms. The monoisotopic (exact) mass is 505 g/mol. The third kappa shape index (κ3) is 3.69. The van der Waals surface area contributed by atoms with Gasteiger partial charge in [0.2, 0.25) is 0 Å². The normalized spacial score (nSPS) is 12.3. The molecule has 100 valence electrons. The number of carbonyl (C=O) groups excluding carboxylic acids is 1. The molecule has 0 saturated carbocycles. The predicted molar refractivity (Wildman–Crippen MR) is 74.3 cm³/mol. The van der Waals surface area contributed by atoms with E-state index in [4.69, 9.17) is 0 Å². The molecule has 1 rings (SSSR count). The number of nitrogens with one attached hydrogen (secondary N) is 1. The maximum absolute atomic E-state index is 12.1. The van der Waals surface area contributed by atoms with E-state index in [-0.39, 0.29) is 5.56 Å². The van der Waals surface area contributed by atoms with Crippen LogP contribution in [-0.4, -0.2) is 19.8 Å². The molecule has 0 aliphatic heterocycles. The van der Waals surface area contributed by atoms with Crippen molar-refractivity contribution >= 4 is 61.1 Å². The second-order valence-corrected chi connectivity index (χ2v) is 7.09. The maximum atomic E-state index is 12.1. The maximum Gasteiger partial charge on any atom is 0.516 e. The number of sulfonamides is 1. The highest BCUT2D eigenvalue weighted by atomic mass is 127. The molecule has 1 aromatic carbocycles. The Bertz CT molecular complexity index is 586. The summed E-state index contributed by atoms with van der Waals surface area (Å²) in [5.41, 5.74) is -5.65. The van der Waals surface area contributed by atoms with Gasteiger partial charge in [0.15, 0.2) is 0 Å². The largest absolute Gasteiger partial charge is 0.516 e. The second-order valence-electron chi connectivity index (χ2n) is 3.00. The van der Waals surface area contributed by atoms with Crippen LogP contribution in [-0.2, 0) is 10.0 Å². The van der Waals surface area contributed by atoms with Crippen LogP contribution < -0.4 is 4.72 Å². The average Bonchev–Trinajstić information content (AvgIpc) is 2.19. The van der Waals surface area contributed by atoms with Crippen molar-refractivity contribution in [3.8, 4) is 0 Å². The summed E-state index contributed by atoms with van der Waals surface area (Å²) in [5.74, 6) is -1.31. The Morgan fingerprint density at radius 3 is 2.28 bits per heavy atom. The van der Waals surface area contributed by atoms with Gasteiger partial charge >= 0.3 is 15.5 Å². The molecule has 1 N–H and O–H groups in total. The van der Waals surface area contributed by atoms with Gasteiger partial charge in [0.1, 0.15) is 0 Å². The molecule has 18 heavy (non-hydrogen) atoms. The highest BCUT2D eigenvalue weighted by molar-refractivity contribution is 14.1. The molecule has 0 saturated heterocycles. The topological polar surface area (TPSA) is 63.2 Å².